The van der Waals surface area contributed by atoms with Gasteiger partial charge >= 0.3 is 0 Å². The summed E-state index contributed by atoms with van der Waals surface area (Å²) in [5.41, 5.74) is 5.56. The first kappa shape index (κ1) is 8.93. The molecule has 3 N–H and O–H groups in total. The second-order valence-electron chi connectivity index (χ2n) is 3.09. The number of nitrogens with two attached hydrogens (primary N) is 1. The normalized spacial score (nSPS) is 23.2. The molecule has 0 aromatic carbocycles. The van der Waals surface area contributed by atoms with E-state index in [4.69, 9.17) is 10.5 Å². The van der Waals surface area contributed by atoms with E-state index < -0.39 is 0 Å². The van der Waals surface area contributed by atoms with E-state index in [2.05, 4.69) is 4.90 Å². The molecule has 1 saturated heterocycles. The van der Waals surface area contributed by atoms with Gasteiger partial charge in [-0.1, -0.05) is 0 Å². The van der Waals surface area contributed by atoms with Crippen LogP contribution in [0.15, 0.2) is 0 Å². The summed E-state index contributed by atoms with van der Waals surface area (Å²) < 4.78 is 4.79. The molecule has 1 atom stereocenters. The number of rotatable bonds is 4. The van der Waals surface area contributed by atoms with Gasteiger partial charge in [0.25, 0.3) is 0 Å². The van der Waals surface area contributed by atoms with Crippen LogP contribution in [0, 0.1) is 0 Å². The van der Waals surface area contributed by atoms with Crippen molar-refractivity contribution in [3.63, 3.8) is 0 Å². The first-order valence-electron chi connectivity index (χ1n) is 3.87. The molecular formula is C7H16N2O2. The maximum absolute atomic E-state index is 9.26. The number of nitrogens with zero attached hydrogens (tertiary/aromatic N) is 1. The smallest absolute Gasteiger partial charge is 0.0900 e. The predicted molar refractivity (Wildman–Crippen MR) is 42.3 cm³/mol. The fourth-order valence-electron chi connectivity index (χ4n) is 1.30. The van der Waals surface area contributed by atoms with Gasteiger partial charge in [0.1, 0.15) is 0 Å². The largest absolute Gasteiger partial charge is 0.389 e. The summed E-state index contributed by atoms with van der Waals surface area (Å²) in [6.07, 6.45) is -0.368. The third kappa shape index (κ3) is 2.75. The van der Waals surface area contributed by atoms with Crippen LogP contribution in [-0.4, -0.2) is 55.5 Å². The van der Waals surface area contributed by atoms with Gasteiger partial charge in [-0.25, -0.2) is 0 Å². The minimum atomic E-state index is -0.368. The number of β-amino-alcohol motifs (C(OH)–C–C–N with tert-alkyl or cyclic N) is 1. The quantitative estimate of drug-likeness (QED) is 0.533. The van der Waals surface area contributed by atoms with Gasteiger partial charge in [0.2, 0.25) is 0 Å². The Morgan fingerprint density at radius 1 is 1.73 bits per heavy atom. The summed E-state index contributed by atoms with van der Waals surface area (Å²) in [6.45, 7) is 2.90. The van der Waals surface area contributed by atoms with Crippen molar-refractivity contribution in [2.24, 2.45) is 5.73 Å². The molecule has 0 spiro atoms. The van der Waals surface area contributed by atoms with Crippen molar-refractivity contribution in [1.82, 2.24) is 4.90 Å². The Labute approximate surface area is 66.9 Å². The molecule has 0 amide bonds. The molecule has 0 radical (unpaired) electrons. The lowest BCUT2D eigenvalue weighted by atomic mass is 10.1. The van der Waals surface area contributed by atoms with Crippen LogP contribution in [0.2, 0.25) is 0 Å². The predicted octanol–water partition coefficient (Wildman–Crippen LogP) is -1.36. The first-order chi connectivity index (χ1) is 5.22. The van der Waals surface area contributed by atoms with Crippen molar-refractivity contribution in [1.29, 1.82) is 0 Å². The maximum Gasteiger partial charge on any atom is 0.0900 e. The van der Waals surface area contributed by atoms with Crippen molar-refractivity contribution < 1.29 is 9.84 Å². The summed E-state index contributed by atoms with van der Waals surface area (Å²) in [6, 6.07) is 0.310. The zero-order chi connectivity index (χ0) is 8.27. The number of likely N-dealkylation sites (tertiary alicyclic amines) is 1. The second-order valence-corrected chi connectivity index (χ2v) is 3.09. The highest BCUT2D eigenvalue weighted by Gasteiger charge is 2.24. The molecule has 1 rings (SSSR count). The van der Waals surface area contributed by atoms with Crippen LogP contribution in [0.25, 0.3) is 0 Å². The van der Waals surface area contributed by atoms with Crippen LogP contribution in [0.5, 0.6) is 0 Å². The minimum absolute atomic E-state index is 0.310. The van der Waals surface area contributed by atoms with Gasteiger partial charge in [-0.2, -0.15) is 0 Å². The summed E-state index contributed by atoms with van der Waals surface area (Å²) in [7, 11) is 1.59. The standard InChI is InChI=1S/C7H16N2O2/c1-11-5-7(10)4-9-2-6(8)3-9/h6-7,10H,2-5,8H2,1H3/t7-/m0/s1. The van der Waals surface area contributed by atoms with Gasteiger partial charge in [0.05, 0.1) is 12.7 Å². The molecule has 0 saturated carbocycles. The van der Waals surface area contributed by atoms with Gasteiger partial charge in [-0.15, -0.1) is 0 Å². The van der Waals surface area contributed by atoms with E-state index in [0.717, 1.165) is 13.1 Å². The van der Waals surface area contributed by atoms with Crippen molar-refractivity contribution in [3.8, 4) is 0 Å². The van der Waals surface area contributed by atoms with Gasteiger partial charge in [0, 0.05) is 32.8 Å². The average molecular weight is 160 g/mol. The van der Waals surface area contributed by atoms with E-state index in [1.807, 2.05) is 0 Å². The highest BCUT2D eigenvalue weighted by Crippen LogP contribution is 2.05. The van der Waals surface area contributed by atoms with Gasteiger partial charge in [-0.05, 0) is 0 Å². The molecular weight excluding hydrogens is 144 g/mol. The molecule has 1 aliphatic rings. The topological polar surface area (TPSA) is 58.7 Å². The number of aliphatic hydroxyl groups is 1. The van der Waals surface area contributed by atoms with Crippen molar-refractivity contribution in [3.05, 3.63) is 0 Å². The van der Waals surface area contributed by atoms with Crippen molar-refractivity contribution in [2.75, 3.05) is 33.4 Å². The van der Waals surface area contributed by atoms with Crippen LogP contribution in [0.1, 0.15) is 0 Å². The van der Waals surface area contributed by atoms with E-state index in [-0.39, 0.29) is 6.10 Å². The van der Waals surface area contributed by atoms with Crippen LogP contribution in [0.3, 0.4) is 0 Å². The molecule has 0 aliphatic carbocycles. The lowest BCUT2D eigenvalue weighted by Gasteiger charge is -2.37. The number of hydrogen-bond acceptors (Lipinski definition) is 4. The van der Waals surface area contributed by atoms with Gasteiger partial charge < -0.3 is 15.6 Å². The second kappa shape index (κ2) is 4.01. The Hall–Kier alpha value is -0.160. The molecule has 1 aliphatic heterocycles. The number of ether oxygens (including phenoxy) is 1. The molecule has 1 fully saturated rings. The van der Waals surface area contributed by atoms with Crippen LogP contribution >= 0.6 is 0 Å². The molecule has 0 unspecified atom stereocenters. The third-order valence-electron chi connectivity index (χ3n) is 1.81. The highest BCUT2D eigenvalue weighted by atomic mass is 16.5. The van der Waals surface area contributed by atoms with Gasteiger partial charge in [-0.3, -0.25) is 4.90 Å². The third-order valence-corrected chi connectivity index (χ3v) is 1.81. The Balaban J connectivity index is 2.02. The zero-order valence-corrected chi connectivity index (χ0v) is 6.86. The lowest BCUT2D eigenvalue weighted by molar-refractivity contribution is 0.0170. The monoisotopic (exact) mass is 160 g/mol. The molecule has 0 aromatic rings. The minimum Gasteiger partial charge on any atom is -0.389 e. The Kier molecular flexibility index (Phi) is 3.26. The summed E-state index contributed by atoms with van der Waals surface area (Å²) >= 11 is 0. The lowest BCUT2D eigenvalue weighted by Crippen LogP contribution is -2.57. The summed E-state index contributed by atoms with van der Waals surface area (Å²) in [4.78, 5) is 2.12. The fraction of sp³-hybridized carbons (Fsp3) is 1.00. The summed E-state index contributed by atoms with van der Waals surface area (Å²) in [5, 5.41) is 9.26. The van der Waals surface area contributed by atoms with Crippen LogP contribution < -0.4 is 5.73 Å². The number of hydrogen-bond donors (Lipinski definition) is 2. The Bertz CT molecular complexity index is 112. The highest BCUT2D eigenvalue weighted by molar-refractivity contribution is 4.83. The van der Waals surface area contributed by atoms with Crippen molar-refractivity contribution >= 4 is 0 Å². The van der Waals surface area contributed by atoms with E-state index in [9.17, 15) is 5.11 Å². The molecule has 11 heavy (non-hydrogen) atoms. The van der Waals surface area contributed by atoms with E-state index in [1.165, 1.54) is 0 Å². The van der Waals surface area contributed by atoms with Gasteiger partial charge in [0.15, 0.2) is 0 Å². The SMILES string of the molecule is COC[C@@H](O)CN1CC(N)C1. The molecule has 0 aromatic heterocycles. The fourth-order valence-corrected chi connectivity index (χ4v) is 1.30. The average Bonchev–Trinajstić information content (AvgIpc) is 1.85. The zero-order valence-electron chi connectivity index (χ0n) is 6.86. The summed E-state index contributed by atoms with van der Waals surface area (Å²) in [5.74, 6) is 0. The van der Waals surface area contributed by atoms with Crippen molar-refractivity contribution in [2.45, 2.75) is 12.1 Å². The van der Waals surface area contributed by atoms with Crippen LogP contribution in [0.4, 0.5) is 0 Å². The van der Waals surface area contributed by atoms with E-state index in [0.29, 0.717) is 19.2 Å². The molecule has 66 valence electrons. The molecule has 0 bridgehead atoms. The number of aliphatic hydroxyl groups excluding tert-OH is 1. The first-order valence-corrected chi connectivity index (χ1v) is 3.87. The molecule has 1 heterocycles. The molecule has 4 nitrogen and oxygen atoms in total. The van der Waals surface area contributed by atoms with E-state index in [1.54, 1.807) is 7.11 Å². The Morgan fingerprint density at radius 3 is 2.82 bits per heavy atom. The Morgan fingerprint density at radius 2 is 2.36 bits per heavy atom. The van der Waals surface area contributed by atoms with E-state index >= 15 is 0 Å². The maximum atomic E-state index is 9.26. The number of methoxy groups -OCH3 is 1. The molecule has 4 heteroatoms. The van der Waals surface area contributed by atoms with Crippen LogP contribution in [-0.2, 0) is 4.74 Å².